The number of amides is 1. The highest BCUT2D eigenvalue weighted by Gasteiger charge is 2.23. The third-order valence-corrected chi connectivity index (χ3v) is 6.58. The maximum Gasteiger partial charge on any atom is 0.263 e. The van der Waals surface area contributed by atoms with Gasteiger partial charge in [-0.1, -0.05) is 23.7 Å². The first-order valence-corrected chi connectivity index (χ1v) is 10.9. The molecule has 29 heavy (non-hydrogen) atoms. The fourth-order valence-corrected chi connectivity index (χ4v) is 5.20. The standard InChI is InChI=1S/C21H23ClN4O2S/c1-25(2)11-17-24-20-19(13-7-3-6-10-16(13)29-20)21(28)26(17)12-18(27)23-15-9-5-4-8-14(15)22/h4-5,8-9H,3,6-7,10-12H2,1-2H3,(H,23,27). The number of hydrogen-bond donors (Lipinski definition) is 1. The molecule has 1 aromatic carbocycles. The molecule has 1 N–H and O–H groups in total. The topological polar surface area (TPSA) is 67.2 Å². The molecule has 0 bridgehead atoms. The Hall–Kier alpha value is -2.22. The molecule has 1 aliphatic rings. The third-order valence-electron chi connectivity index (χ3n) is 5.06. The van der Waals surface area contributed by atoms with Gasteiger partial charge in [-0.25, -0.2) is 4.98 Å². The number of anilines is 1. The first-order valence-electron chi connectivity index (χ1n) is 9.67. The minimum absolute atomic E-state index is 0.0964. The molecule has 8 heteroatoms. The van der Waals surface area contributed by atoms with Crippen LogP contribution in [0.4, 0.5) is 5.69 Å². The molecule has 0 aliphatic heterocycles. The highest BCUT2D eigenvalue weighted by Crippen LogP contribution is 2.33. The maximum absolute atomic E-state index is 13.4. The van der Waals surface area contributed by atoms with E-state index in [0.29, 0.717) is 28.5 Å². The average Bonchev–Trinajstić information content (AvgIpc) is 3.04. The van der Waals surface area contributed by atoms with Gasteiger partial charge in [0.2, 0.25) is 5.91 Å². The minimum atomic E-state index is -0.301. The summed E-state index contributed by atoms with van der Waals surface area (Å²) in [6.45, 7) is 0.383. The van der Waals surface area contributed by atoms with Gasteiger partial charge in [0.1, 0.15) is 17.2 Å². The molecule has 0 spiro atoms. The summed E-state index contributed by atoms with van der Waals surface area (Å²) in [6.07, 6.45) is 4.15. The van der Waals surface area contributed by atoms with Gasteiger partial charge in [0.05, 0.1) is 22.6 Å². The van der Waals surface area contributed by atoms with Crippen molar-refractivity contribution in [1.29, 1.82) is 0 Å². The van der Waals surface area contributed by atoms with Crippen LogP contribution >= 0.6 is 22.9 Å². The van der Waals surface area contributed by atoms with Crippen LogP contribution in [0.25, 0.3) is 10.2 Å². The lowest BCUT2D eigenvalue weighted by Gasteiger charge is -2.16. The van der Waals surface area contributed by atoms with E-state index < -0.39 is 0 Å². The number of carbonyl (C=O) groups excluding carboxylic acids is 1. The molecule has 0 saturated heterocycles. The second-order valence-corrected chi connectivity index (χ2v) is 9.07. The number of rotatable bonds is 5. The summed E-state index contributed by atoms with van der Waals surface area (Å²) in [4.78, 5) is 34.9. The molecular formula is C21H23ClN4O2S. The van der Waals surface area contributed by atoms with Crippen LogP contribution in [0, 0.1) is 0 Å². The van der Waals surface area contributed by atoms with Gasteiger partial charge in [-0.2, -0.15) is 0 Å². The minimum Gasteiger partial charge on any atom is -0.323 e. The molecule has 4 rings (SSSR count). The molecule has 0 atom stereocenters. The summed E-state index contributed by atoms with van der Waals surface area (Å²) >= 11 is 7.77. The fraction of sp³-hybridized carbons (Fsp3) is 0.381. The van der Waals surface area contributed by atoms with Gasteiger partial charge in [0, 0.05) is 4.88 Å². The Kier molecular flexibility index (Phi) is 5.72. The lowest BCUT2D eigenvalue weighted by Crippen LogP contribution is -2.33. The number of para-hydroxylation sites is 1. The van der Waals surface area contributed by atoms with Gasteiger partial charge in [0.15, 0.2) is 0 Å². The number of hydrogen-bond acceptors (Lipinski definition) is 5. The van der Waals surface area contributed by atoms with Crippen molar-refractivity contribution in [3.8, 4) is 0 Å². The zero-order valence-corrected chi connectivity index (χ0v) is 18.1. The van der Waals surface area contributed by atoms with Crippen molar-refractivity contribution in [3.05, 3.63) is 55.9 Å². The van der Waals surface area contributed by atoms with Gasteiger partial charge in [-0.3, -0.25) is 14.2 Å². The summed E-state index contributed by atoms with van der Waals surface area (Å²) in [6, 6.07) is 7.05. The van der Waals surface area contributed by atoms with Gasteiger partial charge in [0.25, 0.3) is 5.56 Å². The van der Waals surface area contributed by atoms with Crippen LogP contribution in [0.1, 0.15) is 29.1 Å². The summed E-state index contributed by atoms with van der Waals surface area (Å²) in [5.41, 5.74) is 1.54. The smallest absolute Gasteiger partial charge is 0.263 e. The van der Waals surface area contributed by atoms with E-state index in [1.54, 1.807) is 35.6 Å². The Labute approximate surface area is 178 Å². The number of nitrogens with one attached hydrogen (secondary N) is 1. The van der Waals surface area contributed by atoms with Crippen molar-refractivity contribution in [3.63, 3.8) is 0 Å². The second kappa shape index (κ2) is 8.26. The lowest BCUT2D eigenvalue weighted by molar-refractivity contribution is -0.116. The van der Waals surface area contributed by atoms with E-state index in [1.807, 2.05) is 19.0 Å². The van der Waals surface area contributed by atoms with Crippen molar-refractivity contribution in [2.24, 2.45) is 0 Å². The second-order valence-electron chi connectivity index (χ2n) is 7.58. The summed E-state index contributed by atoms with van der Waals surface area (Å²) < 4.78 is 1.51. The molecule has 1 aliphatic carbocycles. The van der Waals surface area contributed by atoms with Gasteiger partial charge < -0.3 is 10.2 Å². The normalized spacial score (nSPS) is 13.7. The predicted molar refractivity (Wildman–Crippen MR) is 118 cm³/mol. The van der Waals surface area contributed by atoms with Crippen molar-refractivity contribution in [2.75, 3.05) is 19.4 Å². The van der Waals surface area contributed by atoms with Crippen LogP contribution in [0.5, 0.6) is 0 Å². The summed E-state index contributed by atoms with van der Waals surface area (Å²) in [5, 5.41) is 3.95. The zero-order valence-electron chi connectivity index (χ0n) is 16.5. The molecule has 3 aromatic rings. The van der Waals surface area contributed by atoms with Crippen LogP contribution < -0.4 is 10.9 Å². The number of thiophene rings is 1. The van der Waals surface area contributed by atoms with Gasteiger partial charge in [-0.15, -0.1) is 11.3 Å². The largest absolute Gasteiger partial charge is 0.323 e. The van der Waals surface area contributed by atoms with E-state index in [9.17, 15) is 9.59 Å². The van der Waals surface area contributed by atoms with Crippen LogP contribution in [-0.2, 0) is 30.7 Å². The first kappa shape index (κ1) is 20.1. The number of aromatic nitrogens is 2. The molecule has 0 unspecified atom stereocenters. The monoisotopic (exact) mass is 430 g/mol. The van der Waals surface area contributed by atoms with Crippen molar-refractivity contribution >= 4 is 44.7 Å². The Bertz CT molecular complexity index is 1140. The molecule has 1 amide bonds. The number of aryl methyl sites for hydroxylation is 2. The number of halogens is 1. The number of fused-ring (bicyclic) bond motifs is 3. The van der Waals surface area contributed by atoms with Crippen LogP contribution in [-0.4, -0.2) is 34.5 Å². The zero-order chi connectivity index (χ0) is 20.5. The average molecular weight is 431 g/mol. The Morgan fingerprint density at radius 3 is 2.79 bits per heavy atom. The number of carbonyl (C=O) groups is 1. The van der Waals surface area contributed by atoms with E-state index in [2.05, 4.69) is 5.32 Å². The quantitative estimate of drug-likeness (QED) is 0.670. The fourth-order valence-electron chi connectivity index (χ4n) is 3.74. The van der Waals surface area contributed by atoms with Crippen LogP contribution in [0.15, 0.2) is 29.1 Å². The summed E-state index contributed by atoms with van der Waals surface area (Å²) in [7, 11) is 3.84. The van der Waals surface area contributed by atoms with Crippen LogP contribution in [0.2, 0.25) is 5.02 Å². The molecule has 0 fully saturated rings. The van der Waals surface area contributed by atoms with E-state index in [4.69, 9.17) is 16.6 Å². The first-order chi connectivity index (χ1) is 13.9. The van der Waals surface area contributed by atoms with Gasteiger partial charge in [-0.05, 0) is 57.5 Å². The van der Waals surface area contributed by atoms with E-state index in [0.717, 1.165) is 36.1 Å². The molecule has 0 saturated carbocycles. The number of nitrogens with zero attached hydrogens (tertiary/aromatic N) is 3. The van der Waals surface area contributed by atoms with Gasteiger partial charge >= 0.3 is 0 Å². The van der Waals surface area contributed by atoms with Crippen LogP contribution in [0.3, 0.4) is 0 Å². The summed E-state index contributed by atoms with van der Waals surface area (Å²) in [5.74, 6) is 0.297. The van der Waals surface area contributed by atoms with Crippen molar-refractivity contribution < 1.29 is 4.79 Å². The van der Waals surface area contributed by atoms with E-state index >= 15 is 0 Å². The predicted octanol–water partition coefficient (Wildman–Crippen LogP) is 3.69. The Morgan fingerprint density at radius 1 is 1.28 bits per heavy atom. The molecule has 0 radical (unpaired) electrons. The Balaban J connectivity index is 1.75. The molecule has 2 aromatic heterocycles. The third kappa shape index (κ3) is 4.08. The highest BCUT2D eigenvalue weighted by molar-refractivity contribution is 7.18. The van der Waals surface area contributed by atoms with Crippen molar-refractivity contribution in [1.82, 2.24) is 14.5 Å². The lowest BCUT2D eigenvalue weighted by atomic mass is 9.97. The van der Waals surface area contributed by atoms with E-state index in [-0.39, 0.29) is 18.0 Å². The number of benzene rings is 1. The molecule has 6 nitrogen and oxygen atoms in total. The van der Waals surface area contributed by atoms with Crippen molar-refractivity contribution in [2.45, 2.75) is 38.8 Å². The highest BCUT2D eigenvalue weighted by atomic mass is 35.5. The maximum atomic E-state index is 13.4. The Morgan fingerprint density at radius 2 is 2.03 bits per heavy atom. The SMILES string of the molecule is CN(C)Cc1nc2sc3c(c2c(=O)n1CC(=O)Nc1ccccc1Cl)CCCC3. The molecule has 2 heterocycles. The molecule has 152 valence electrons. The van der Waals surface area contributed by atoms with E-state index in [1.165, 1.54) is 9.44 Å². The molecular weight excluding hydrogens is 408 g/mol.